The molecule has 2 aliphatic rings. The SMILES string of the molecule is CC1CCC(N)CC1C(=O)NC1CCC(=O)NC1. The summed E-state index contributed by atoms with van der Waals surface area (Å²) in [6.07, 6.45) is 4.08. The second-order valence-corrected chi connectivity index (χ2v) is 5.71. The third-order valence-corrected chi connectivity index (χ3v) is 4.19. The van der Waals surface area contributed by atoms with Gasteiger partial charge in [0.25, 0.3) is 0 Å². The first kappa shape index (κ1) is 13.3. The molecule has 1 aliphatic heterocycles. The highest BCUT2D eigenvalue weighted by Gasteiger charge is 2.32. The first-order valence-corrected chi connectivity index (χ1v) is 6.89. The molecule has 1 saturated carbocycles. The zero-order chi connectivity index (χ0) is 13.1. The van der Waals surface area contributed by atoms with Crippen LogP contribution in [0.1, 0.15) is 39.0 Å². The quantitative estimate of drug-likeness (QED) is 0.654. The second kappa shape index (κ2) is 5.69. The average molecular weight is 253 g/mol. The van der Waals surface area contributed by atoms with E-state index in [0.717, 1.165) is 25.7 Å². The summed E-state index contributed by atoms with van der Waals surface area (Å²) in [7, 11) is 0. The molecule has 4 unspecified atom stereocenters. The number of amides is 2. The predicted molar refractivity (Wildman–Crippen MR) is 68.7 cm³/mol. The minimum atomic E-state index is 0.0337. The number of nitrogens with two attached hydrogens (primary N) is 1. The van der Waals surface area contributed by atoms with Crippen LogP contribution in [0.15, 0.2) is 0 Å². The molecule has 18 heavy (non-hydrogen) atoms. The highest BCUT2D eigenvalue weighted by Crippen LogP contribution is 2.29. The normalized spacial score (nSPS) is 36.9. The van der Waals surface area contributed by atoms with Crippen molar-refractivity contribution in [2.24, 2.45) is 17.6 Å². The Morgan fingerprint density at radius 2 is 2.17 bits per heavy atom. The molecule has 1 heterocycles. The molecule has 0 spiro atoms. The fraction of sp³-hybridized carbons (Fsp3) is 0.846. The van der Waals surface area contributed by atoms with Crippen molar-refractivity contribution in [3.63, 3.8) is 0 Å². The van der Waals surface area contributed by atoms with E-state index >= 15 is 0 Å². The molecular formula is C13H23N3O2. The van der Waals surface area contributed by atoms with Crippen molar-refractivity contribution in [3.05, 3.63) is 0 Å². The molecular weight excluding hydrogens is 230 g/mol. The van der Waals surface area contributed by atoms with Crippen LogP contribution in [-0.4, -0.2) is 30.4 Å². The molecule has 5 heteroatoms. The number of piperidine rings is 1. The van der Waals surface area contributed by atoms with E-state index in [-0.39, 0.29) is 29.8 Å². The van der Waals surface area contributed by atoms with Crippen LogP contribution in [0, 0.1) is 11.8 Å². The minimum Gasteiger partial charge on any atom is -0.354 e. The van der Waals surface area contributed by atoms with E-state index in [1.165, 1.54) is 0 Å². The van der Waals surface area contributed by atoms with Crippen LogP contribution in [0.25, 0.3) is 0 Å². The fourth-order valence-corrected chi connectivity index (χ4v) is 2.88. The predicted octanol–water partition coefficient (Wildman–Crippen LogP) is 0.145. The van der Waals surface area contributed by atoms with Gasteiger partial charge in [-0.1, -0.05) is 6.92 Å². The molecule has 0 bridgehead atoms. The second-order valence-electron chi connectivity index (χ2n) is 5.71. The van der Waals surface area contributed by atoms with E-state index in [1.807, 2.05) is 0 Å². The molecule has 2 amide bonds. The minimum absolute atomic E-state index is 0.0337. The van der Waals surface area contributed by atoms with Crippen LogP contribution in [-0.2, 0) is 9.59 Å². The summed E-state index contributed by atoms with van der Waals surface area (Å²) in [6, 6.07) is 0.239. The van der Waals surface area contributed by atoms with Gasteiger partial charge in [-0.15, -0.1) is 0 Å². The Morgan fingerprint density at radius 3 is 2.83 bits per heavy atom. The summed E-state index contributed by atoms with van der Waals surface area (Å²) in [6.45, 7) is 2.68. The first-order chi connectivity index (χ1) is 8.56. The molecule has 2 fully saturated rings. The van der Waals surface area contributed by atoms with Crippen molar-refractivity contribution < 1.29 is 9.59 Å². The lowest BCUT2D eigenvalue weighted by molar-refractivity contribution is -0.130. The number of carbonyl (C=O) groups is 2. The summed E-state index contributed by atoms with van der Waals surface area (Å²) in [5.41, 5.74) is 5.94. The van der Waals surface area contributed by atoms with Crippen LogP contribution in [0.4, 0.5) is 0 Å². The van der Waals surface area contributed by atoms with Gasteiger partial charge < -0.3 is 16.4 Å². The zero-order valence-electron chi connectivity index (χ0n) is 10.9. The smallest absolute Gasteiger partial charge is 0.223 e. The van der Waals surface area contributed by atoms with Crippen LogP contribution >= 0.6 is 0 Å². The van der Waals surface area contributed by atoms with Gasteiger partial charge in [0, 0.05) is 31.0 Å². The molecule has 4 N–H and O–H groups in total. The average Bonchev–Trinajstić information content (AvgIpc) is 2.35. The maximum atomic E-state index is 12.2. The summed E-state index contributed by atoms with van der Waals surface area (Å²) < 4.78 is 0. The lowest BCUT2D eigenvalue weighted by Gasteiger charge is -2.33. The maximum Gasteiger partial charge on any atom is 0.223 e. The van der Waals surface area contributed by atoms with E-state index in [1.54, 1.807) is 0 Å². The molecule has 0 aromatic rings. The topological polar surface area (TPSA) is 84.2 Å². The van der Waals surface area contributed by atoms with Gasteiger partial charge in [-0.2, -0.15) is 0 Å². The van der Waals surface area contributed by atoms with Crippen molar-refractivity contribution in [2.75, 3.05) is 6.54 Å². The van der Waals surface area contributed by atoms with E-state index in [2.05, 4.69) is 17.6 Å². The Bertz CT molecular complexity index is 322. The van der Waals surface area contributed by atoms with E-state index in [4.69, 9.17) is 5.73 Å². The summed E-state index contributed by atoms with van der Waals surface area (Å²) in [5, 5.41) is 5.83. The molecule has 2 rings (SSSR count). The summed E-state index contributed by atoms with van der Waals surface area (Å²) in [4.78, 5) is 23.3. The van der Waals surface area contributed by atoms with Gasteiger partial charge in [-0.3, -0.25) is 9.59 Å². The van der Waals surface area contributed by atoms with Gasteiger partial charge in [-0.05, 0) is 31.6 Å². The Hall–Kier alpha value is -1.10. The van der Waals surface area contributed by atoms with Crippen LogP contribution < -0.4 is 16.4 Å². The maximum absolute atomic E-state index is 12.2. The number of nitrogens with one attached hydrogen (secondary N) is 2. The molecule has 0 radical (unpaired) electrons. The number of hydrogen-bond acceptors (Lipinski definition) is 3. The third kappa shape index (κ3) is 3.22. The van der Waals surface area contributed by atoms with Gasteiger partial charge >= 0.3 is 0 Å². The van der Waals surface area contributed by atoms with E-state index in [9.17, 15) is 9.59 Å². The molecule has 0 aromatic carbocycles. The molecule has 4 atom stereocenters. The molecule has 1 aliphatic carbocycles. The lowest BCUT2D eigenvalue weighted by Crippen LogP contribution is -2.51. The Kier molecular flexibility index (Phi) is 4.22. The van der Waals surface area contributed by atoms with Crippen molar-refractivity contribution in [3.8, 4) is 0 Å². The molecule has 1 saturated heterocycles. The molecule has 5 nitrogen and oxygen atoms in total. The fourth-order valence-electron chi connectivity index (χ4n) is 2.88. The van der Waals surface area contributed by atoms with Crippen molar-refractivity contribution in [2.45, 2.75) is 51.1 Å². The standard InChI is InChI=1S/C13H23N3O2/c1-8-2-3-9(14)6-11(8)13(18)16-10-4-5-12(17)15-7-10/h8-11H,2-7,14H2,1H3,(H,15,17)(H,16,18). The largest absolute Gasteiger partial charge is 0.354 e. The van der Waals surface area contributed by atoms with Gasteiger partial charge in [0.2, 0.25) is 11.8 Å². The lowest BCUT2D eigenvalue weighted by atomic mass is 9.77. The summed E-state index contributed by atoms with van der Waals surface area (Å²) in [5.74, 6) is 0.627. The molecule has 0 aromatic heterocycles. The number of carbonyl (C=O) groups excluding carboxylic acids is 2. The third-order valence-electron chi connectivity index (χ3n) is 4.19. The zero-order valence-corrected chi connectivity index (χ0v) is 10.9. The Balaban J connectivity index is 1.85. The van der Waals surface area contributed by atoms with Crippen LogP contribution in [0.2, 0.25) is 0 Å². The summed E-state index contributed by atoms with van der Waals surface area (Å²) >= 11 is 0. The highest BCUT2D eigenvalue weighted by atomic mass is 16.2. The van der Waals surface area contributed by atoms with E-state index in [0.29, 0.717) is 18.9 Å². The van der Waals surface area contributed by atoms with Crippen molar-refractivity contribution >= 4 is 11.8 Å². The van der Waals surface area contributed by atoms with Gasteiger partial charge in [0.15, 0.2) is 0 Å². The van der Waals surface area contributed by atoms with Gasteiger partial charge in [0.1, 0.15) is 0 Å². The van der Waals surface area contributed by atoms with Gasteiger partial charge in [-0.25, -0.2) is 0 Å². The molecule has 102 valence electrons. The number of rotatable bonds is 2. The monoisotopic (exact) mass is 253 g/mol. The van der Waals surface area contributed by atoms with Crippen LogP contribution in [0.5, 0.6) is 0 Å². The highest BCUT2D eigenvalue weighted by molar-refractivity contribution is 5.80. The first-order valence-electron chi connectivity index (χ1n) is 6.89. The van der Waals surface area contributed by atoms with Crippen LogP contribution in [0.3, 0.4) is 0 Å². The van der Waals surface area contributed by atoms with Crippen molar-refractivity contribution in [1.29, 1.82) is 0 Å². The number of hydrogen-bond donors (Lipinski definition) is 3. The van der Waals surface area contributed by atoms with Crippen molar-refractivity contribution in [1.82, 2.24) is 10.6 Å². The van der Waals surface area contributed by atoms with E-state index < -0.39 is 0 Å². The Labute approximate surface area is 108 Å². The van der Waals surface area contributed by atoms with Gasteiger partial charge in [0.05, 0.1) is 0 Å². The Morgan fingerprint density at radius 1 is 1.39 bits per heavy atom.